The van der Waals surface area contributed by atoms with Crippen molar-refractivity contribution in [1.82, 2.24) is 15.5 Å². The summed E-state index contributed by atoms with van der Waals surface area (Å²) >= 11 is 0. The molecule has 0 unspecified atom stereocenters. The van der Waals surface area contributed by atoms with Crippen molar-refractivity contribution < 1.29 is 0 Å². The van der Waals surface area contributed by atoms with E-state index in [4.69, 9.17) is 0 Å². The number of hydrogen-bond acceptors (Lipinski definition) is 2. The van der Waals surface area contributed by atoms with Gasteiger partial charge in [0.1, 0.15) is 0 Å². The van der Waals surface area contributed by atoms with Crippen molar-refractivity contribution in [2.24, 2.45) is 4.99 Å². The van der Waals surface area contributed by atoms with Gasteiger partial charge < -0.3 is 15.5 Å². The summed E-state index contributed by atoms with van der Waals surface area (Å²) in [5.41, 5.74) is 1.27. The maximum atomic E-state index is 4.28. The Hall–Kier alpha value is -1.55. The SMILES string of the molecule is CN=C(NCCCN1CCCCCC1)NCc1ccccc1. The molecule has 1 aromatic rings. The number of guanidine groups is 1. The fourth-order valence-corrected chi connectivity index (χ4v) is 2.87. The minimum Gasteiger partial charge on any atom is -0.356 e. The van der Waals surface area contributed by atoms with Crippen LogP contribution in [0.2, 0.25) is 0 Å². The van der Waals surface area contributed by atoms with Gasteiger partial charge in [-0.2, -0.15) is 0 Å². The van der Waals surface area contributed by atoms with E-state index >= 15 is 0 Å². The predicted octanol–water partition coefficient (Wildman–Crippen LogP) is 2.62. The van der Waals surface area contributed by atoms with E-state index in [2.05, 4.69) is 44.8 Å². The number of aliphatic imine (C=N–C) groups is 1. The van der Waals surface area contributed by atoms with Gasteiger partial charge in [-0.1, -0.05) is 43.2 Å². The molecule has 4 nitrogen and oxygen atoms in total. The van der Waals surface area contributed by atoms with Crippen molar-refractivity contribution in [3.05, 3.63) is 35.9 Å². The number of hydrogen-bond donors (Lipinski definition) is 2. The molecule has 0 amide bonds. The highest BCUT2D eigenvalue weighted by molar-refractivity contribution is 5.79. The smallest absolute Gasteiger partial charge is 0.191 e. The van der Waals surface area contributed by atoms with Crippen molar-refractivity contribution in [3.63, 3.8) is 0 Å². The van der Waals surface area contributed by atoms with Gasteiger partial charge in [0.2, 0.25) is 0 Å². The van der Waals surface area contributed by atoms with E-state index in [1.807, 2.05) is 13.1 Å². The van der Waals surface area contributed by atoms with Crippen molar-refractivity contribution >= 4 is 5.96 Å². The molecule has 1 aromatic carbocycles. The number of likely N-dealkylation sites (tertiary alicyclic amines) is 1. The average Bonchev–Trinajstić information content (AvgIpc) is 2.84. The summed E-state index contributed by atoms with van der Waals surface area (Å²) < 4.78 is 0. The van der Waals surface area contributed by atoms with Crippen LogP contribution in [0.5, 0.6) is 0 Å². The first-order valence-electron chi connectivity index (χ1n) is 8.59. The van der Waals surface area contributed by atoms with Gasteiger partial charge in [-0.25, -0.2) is 0 Å². The van der Waals surface area contributed by atoms with Gasteiger partial charge in [-0.05, 0) is 44.5 Å². The summed E-state index contributed by atoms with van der Waals surface area (Å²) in [5, 5.41) is 6.77. The second kappa shape index (κ2) is 10.2. The molecule has 0 aliphatic carbocycles. The Kier molecular flexibility index (Phi) is 7.81. The van der Waals surface area contributed by atoms with Crippen LogP contribution in [0.4, 0.5) is 0 Å². The van der Waals surface area contributed by atoms with Crippen LogP contribution in [-0.4, -0.2) is 44.1 Å². The summed E-state index contributed by atoms with van der Waals surface area (Å²) in [6.45, 7) is 5.54. The van der Waals surface area contributed by atoms with Crippen molar-refractivity contribution in [2.45, 2.75) is 38.6 Å². The van der Waals surface area contributed by atoms with Crippen LogP contribution in [-0.2, 0) is 6.54 Å². The first-order valence-corrected chi connectivity index (χ1v) is 8.59. The molecule has 0 bridgehead atoms. The molecule has 0 atom stereocenters. The van der Waals surface area contributed by atoms with Crippen LogP contribution in [0, 0.1) is 0 Å². The largest absolute Gasteiger partial charge is 0.356 e. The first-order chi connectivity index (χ1) is 10.9. The molecular formula is C18H30N4. The normalized spacial score (nSPS) is 17.0. The van der Waals surface area contributed by atoms with Crippen LogP contribution in [0.25, 0.3) is 0 Å². The van der Waals surface area contributed by atoms with Crippen LogP contribution in [0.1, 0.15) is 37.7 Å². The zero-order valence-corrected chi connectivity index (χ0v) is 13.9. The van der Waals surface area contributed by atoms with Crippen LogP contribution < -0.4 is 10.6 Å². The molecule has 1 fully saturated rings. The third-order valence-corrected chi connectivity index (χ3v) is 4.17. The van der Waals surface area contributed by atoms with Gasteiger partial charge in [0.15, 0.2) is 5.96 Å². The molecule has 2 rings (SSSR count). The fourth-order valence-electron chi connectivity index (χ4n) is 2.87. The molecule has 2 N–H and O–H groups in total. The minimum absolute atomic E-state index is 0.812. The standard InChI is InChI=1S/C18H30N4/c1-19-18(21-16-17-10-5-4-6-11-17)20-12-9-15-22-13-7-2-3-8-14-22/h4-6,10-11H,2-3,7-9,12-16H2,1H3,(H2,19,20,21). The van der Waals surface area contributed by atoms with Gasteiger partial charge in [-0.3, -0.25) is 4.99 Å². The van der Waals surface area contributed by atoms with Crippen LogP contribution >= 0.6 is 0 Å². The molecule has 1 aliphatic heterocycles. The summed E-state index contributed by atoms with van der Waals surface area (Å²) in [4.78, 5) is 6.89. The molecular weight excluding hydrogens is 272 g/mol. The van der Waals surface area contributed by atoms with E-state index in [1.54, 1.807) is 0 Å². The zero-order chi connectivity index (χ0) is 15.5. The molecule has 1 aliphatic rings. The van der Waals surface area contributed by atoms with Crippen molar-refractivity contribution in [3.8, 4) is 0 Å². The first kappa shape index (κ1) is 16.8. The third-order valence-electron chi connectivity index (χ3n) is 4.17. The van der Waals surface area contributed by atoms with E-state index < -0.39 is 0 Å². The van der Waals surface area contributed by atoms with E-state index in [0.717, 1.165) is 19.0 Å². The molecule has 122 valence electrons. The number of nitrogens with zero attached hydrogens (tertiary/aromatic N) is 2. The summed E-state index contributed by atoms with van der Waals surface area (Å²) in [7, 11) is 1.83. The number of benzene rings is 1. The van der Waals surface area contributed by atoms with E-state index in [0.29, 0.717) is 0 Å². The van der Waals surface area contributed by atoms with Gasteiger partial charge in [0.25, 0.3) is 0 Å². The zero-order valence-electron chi connectivity index (χ0n) is 13.9. The van der Waals surface area contributed by atoms with Gasteiger partial charge >= 0.3 is 0 Å². The number of rotatable bonds is 6. The van der Waals surface area contributed by atoms with E-state index in [-0.39, 0.29) is 0 Å². The Morgan fingerprint density at radius 2 is 1.77 bits per heavy atom. The van der Waals surface area contributed by atoms with Gasteiger partial charge in [-0.15, -0.1) is 0 Å². The topological polar surface area (TPSA) is 39.7 Å². The van der Waals surface area contributed by atoms with E-state index in [1.165, 1.54) is 57.3 Å². The van der Waals surface area contributed by atoms with E-state index in [9.17, 15) is 0 Å². The molecule has 4 heteroatoms. The minimum atomic E-state index is 0.812. The third kappa shape index (κ3) is 6.48. The lowest BCUT2D eigenvalue weighted by Crippen LogP contribution is -2.38. The highest BCUT2D eigenvalue weighted by atomic mass is 15.2. The summed E-state index contributed by atoms with van der Waals surface area (Å²) in [6, 6.07) is 10.4. The Morgan fingerprint density at radius 1 is 1.05 bits per heavy atom. The molecule has 22 heavy (non-hydrogen) atoms. The molecule has 1 heterocycles. The van der Waals surface area contributed by atoms with Crippen molar-refractivity contribution in [1.29, 1.82) is 0 Å². The maximum Gasteiger partial charge on any atom is 0.191 e. The Balaban J connectivity index is 1.60. The highest BCUT2D eigenvalue weighted by Gasteiger charge is 2.08. The Labute approximate surface area is 135 Å². The van der Waals surface area contributed by atoms with Crippen LogP contribution in [0.3, 0.4) is 0 Å². The molecule has 0 saturated carbocycles. The van der Waals surface area contributed by atoms with Gasteiger partial charge in [0.05, 0.1) is 0 Å². The molecule has 0 aromatic heterocycles. The monoisotopic (exact) mass is 302 g/mol. The summed E-state index contributed by atoms with van der Waals surface area (Å²) in [6.07, 6.45) is 6.73. The Morgan fingerprint density at radius 3 is 2.45 bits per heavy atom. The highest BCUT2D eigenvalue weighted by Crippen LogP contribution is 2.09. The Bertz CT molecular complexity index is 422. The predicted molar refractivity (Wildman–Crippen MR) is 94.2 cm³/mol. The second-order valence-corrected chi connectivity index (χ2v) is 5.95. The second-order valence-electron chi connectivity index (χ2n) is 5.95. The van der Waals surface area contributed by atoms with Crippen LogP contribution in [0.15, 0.2) is 35.3 Å². The molecule has 0 spiro atoms. The quantitative estimate of drug-likeness (QED) is 0.482. The molecule has 0 radical (unpaired) electrons. The summed E-state index contributed by atoms with van der Waals surface area (Å²) in [5.74, 6) is 0.889. The lowest BCUT2D eigenvalue weighted by Gasteiger charge is -2.20. The lowest BCUT2D eigenvalue weighted by molar-refractivity contribution is 0.282. The average molecular weight is 302 g/mol. The maximum absolute atomic E-state index is 4.28. The fraction of sp³-hybridized carbons (Fsp3) is 0.611. The van der Waals surface area contributed by atoms with Gasteiger partial charge in [0, 0.05) is 20.1 Å². The number of nitrogens with one attached hydrogen (secondary N) is 2. The lowest BCUT2D eigenvalue weighted by atomic mass is 10.2. The molecule has 1 saturated heterocycles. The van der Waals surface area contributed by atoms with Crippen molar-refractivity contribution in [2.75, 3.05) is 33.2 Å².